The maximum absolute atomic E-state index is 14.8. The third-order valence-electron chi connectivity index (χ3n) is 6.17. The van der Waals surface area contributed by atoms with Crippen LogP contribution in [-0.2, 0) is 22.1 Å². The molecule has 2 N–H and O–H groups in total. The molecule has 0 radical (unpaired) electrons. The highest BCUT2D eigenvalue weighted by Crippen LogP contribution is 2.31. The summed E-state index contributed by atoms with van der Waals surface area (Å²) >= 11 is 0. The van der Waals surface area contributed by atoms with Crippen molar-refractivity contribution in [1.29, 1.82) is 0 Å². The molecule has 0 saturated heterocycles. The van der Waals surface area contributed by atoms with E-state index >= 15 is 0 Å². The Morgan fingerprint density at radius 1 is 0.907 bits per heavy atom. The number of pyridine rings is 1. The zero-order chi connectivity index (χ0) is 30.7. The van der Waals surface area contributed by atoms with Gasteiger partial charge in [0, 0.05) is 23.1 Å². The van der Waals surface area contributed by atoms with Gasteiger partial charge in [-0.25, -0.2) is 14.2 Å². The summed E-state index contributed by atoms with van der Waals surface area (Å²) < 4.78 is 64.0. The van der Waals surface area contributed by atoms with Crippen LogP contribution in [0.1, 0.15) is 25.0 Å². The number of fused-ring (bicyclic) bond motifs is 1. The van der Waals surface area contributed by atoms with E-state index in [-0.39, 0.29) is 47.0 Å². The first-order chi connectivity index (χ1) is 20.4. The summed E-state index contributed by atoms with van der Waals surface area (Å²) in [5.74, 6) is -1.04. The zero-order valence-electron chi connectivity index (χ0n) is 22.8. The number of benzene rings is 3. The molecule has 2 aromatic heterocycles. The van der Waals surface area contributed by atoms with E-state index in [1.165, 1.54) is 12.1 Å². The van der Waals surface area contributed by atoms with Gasteiger partial charge in [-0.1, -0.05) is 24.3 Å². The summed E-state index contributed by atoms with van der Waals surface area (Å²) in [6.07, 6.45) is -2.94. The van der Waals surface area contributed by atoms with E-state index in [1.54, 1.807) is 26.1 Å². The summed E-state index contributed by atoms with van der Waals surface area (Å²) in [6, 6.07) is 15.9. The van der Waals surface area contributed by atoms with Crippen LogP contribution in [-0.4, -0.2) is 28.1 Å². The van der Waals surface area contributed by atoms with E-state index in [4.69, 9.17) is 9.15 Å². The Labute approximate surface area is 242 Å². The summed E-state index contributed by atoms with van der Waals surface area (Å²) in [5, 5.41) is 4.93. The third kappa shape index (κ3) is 7.15. The molecule has 0 bridgehead atoms. The number of carbonyl (C=O) groups excluding carboxylic acids is 2. The monoisotopic (exact) mass is 592 g/mol. The SMILES string of the molecule is CC(C)OC(=O)Cc1ccc(-c2cnc3nc(-c4cc(NC(=O)Nc5ccc(C(F)(F)F)cc5)ccc4F)oc3c2)cc1. The van der Waals surface area contributed by atoms with Crippen molar-refractivity contribution in [2.24, 2.45) is 0 Å². The number of aromatic nitrogens is 2. The van der Waals surface area contributed by atoms with Crippen molar-refractivity contribution >= 4 is 34.6 Å². The Hall–Kier alpha value is -5.26. The molecule has 2 heterocycles. The Balaban J connectivity index is 1.30. The summed E-state index contributed by atoms with van der Waals surface area (Å²) in [6.45, 7) is 3.57. The Bertz CT molecular complexity index is 1780. The number of rotatable bonds is 7. The minimum atomic E-state index is -4.50. The van der Waals surface area contributed by atoms with E-state index in [9.17, 15) is 27.2 Å². The number of alkyl halides is 3. The largest absolute Gasteiger partial charge is 0.463 e. The highest BCUT2D eigenvalue weighted by atomic mass is 19.4. The number of carbonyl (C=O) groups is 2. The normalized spacial score (nSPS) is 11.5. The smallest absolute Gasteiger partial charge is 0.416 e. The number of urea groups is 1. The molecule has 0 aliphatic rings. The number of anilines is 2. The molecule has 5 rings (SSSR count). The highest BCUT2D eigenvalue weighted by Gasteiger charge is 2.30. The Morgan fingerprint density at radius 3 is 2.26 bits per heavy atom. The second-order valence-corrected chi connectivity index (χ2v) is 9.83. The first kappa shape index (κ1) is 29.2. The molecule has 2 amide bonds. The van der Waals surface area contributed by atoms with Gasteiger partial charge in [-0.15, -0.1) is 0 Å². The number of ether oxygens (including phenoxy) is 1. The molecule has 0 saturated carbocycles. The van der Waals surface area contributed by atoms with Crippen LogP contribution in [0.3, 0.4) is 0 Å². The first-order valence-electron chi connectivity index (χ1n) is 13.0. The number of nitrogens with one attached hydrogen (secondary N) is 2. The minimum absolute atomic E-state index is 0.0375. The van der Waals surface area contributed by atoms with E-state index in [0.717, 1.165) is 41.5 Å². The number of esters is 1. The van der Waals surface area contributed by atoms with Gasteiger partial charge < -0.3 is 19.8 Å². The molecule has 0 unspecified atom stereocenters. The fourth-order valence-corrected chi connectivity index (χ4v) is 4.18. The van der Waals surface area contributed by atoms with Gasteiger partial charge in [-0.3, -0.25) is 4.79 Å². The van der Waals surface area contributed by atoms with Crippen molar-refractivity contribution in [2.45, 2.75) is 32.5 Å². The first-order valence-corrected chi connectivity index (χ1v) is 13.0. The predicted molar refractivity (Wildman–Crippen MR) is 152 cm³/mol. The molecule has 0 spiro atoms. The van der Waals surface area contributed by atoms with Crippen molar-refractivity contribution < 1.29 is 36.3 Å². The fraction of sp³-hybridized carbons (Fsp3) is 0.161. The average molecular weight is 593 g/mol. The van der Waals surface area contributed by atoms with E-state index in [1.807, 2.05) is 24.3 Å². The molecule has 8 nitrogen and oxygen atoms in total. The molecule has 0 fully saturated rings. The lowest BCUT2D eigenvalue weighted by Crippen LogP contribution is -2.19. The lowest BCUT2D eigenvalue weighted by atomic mass is 10.0. The third-order valence-corrected chi connectivity index (χ3v) is 6.17. The number of halogens is 4. The average Bonchev–Trinajstić information content (AvgIpc) is 3.37. The van der Waals surface area contributed by atoms with Gasteiger partial charge >= 0.3 is 18.2 Å². The van der Waals surface area contributed by atoms with Gasteiger partial charge in [0.05, 0.1) is 23.7 Å². The van der Waals surface area contributed by atoms with Gasteiger partial charge in [0.15, 0.2) is 11.2 Å². The van der Waals surface area contributed by atoms with Crippen LogP contribution >= 0.6 is 0 Å². The molecule has 3 aromatic carbocycles. The second kappa shape index (κ2) is 11.9. The maximum atomic E-state index is 14.8. The predicted octanol–water partition coefficient (Wildman–Crippen LogP) is 7.85. The lowest BCUT2D eigenvalue weighted by Gasteiger charge is -2.10. The quantitative estimate of drug-likeness (QED) is 0.147. The Morgan fingerprint density at radius 2 is 1.58 bits per heavy atom. The van der Waals surface area contributed by atoms with Crippen LogP contribution in [0.25, 0.3) is 33.8 Å². The number of hydrogen-bond acceptors (Lipinski definition) is 6. The van der Waals surface area contributed by atoms with Gasteiger partial charge in [0.25, 0.3) is 0 Å². The Kier molecular flexibility index (Phi) is 8.11. The number of amides is 2. The summed E-state index contributed by atoms with van der Waals surface area (Å²) in [5.41, 5.74) is 2.30. The van der Waals surface area contributed by atoms with Gasteiger partial charge in [-0.2, -0.15) is 18.2 Å². The molecule has 0 atom stereocenters. The maximum Gasteiger partial charge on any atom is 0.416 e. The molecule has 220 valence electrons. The van der Waals surface area contributed by atoms with Crippen LogP contribution in [0.4, 0.5) is 33.7 Å². The van der Waals surface area contributed by atoms with Crippen molar-refractivity contribution in [2.75, 3.05) is 10.6 Å². The molecule has 0 aliphatic heterocycles. The van der Waals surface area contributed by atoms with Crippen molar-refractivity contribution in [3.05, 3.63) is 95.9 Å². The highest BCUT2D eigenvalue weighted by molar-refractivity contribution is 6.00. The molecular formula is C31H24F4N4O4. The van der Waals surface area contributed by atoms with E-state index in [0.29, 0.717) is 11.1 Å². The second-order valence-electron chi connectivity index (χ2n) is 9.83. The van der Waals surface area contributed by atoms with Crippen molar-refractivity contribution in [3.8, 4) is 22.6 Å². The number of hydrogen-bond donors (Lipinski definition) is 2. The summed E-state index contributed by atoms with van der Waals surface area (Å²) in [7, 11) is 0. The van der Waals surface area contributed by atoms with Crippen LogP contribution < -0.4 is 10.6 Å². The number of oxazole rings is 1. The van der Waals surface area contributed by atoms with Crippen LogP contribution in [0.2, 0.25) is 0 Å². The standard InChI is InChI=1S/C31H24F4N4O4/c1-17(2)42-27(40)13-18-3-5-19(6-4-18)20-14-26-28(36-16-20)39-29(43-26)24-15-23(11-12-25(24)32)38-30(41)37-22-9-7-21(8-10-22)31(33,34)35/h3-12,14-17H,13H2,1-2H3,(H2,37,38,41). The number of nitrogens with zero attached hydrogens (tertiary/aromatic N) is 2. The van der Waals surface area contributed by atoms with Crippen molar-refractivity contribution in [3.63, 3.8) is 0 Å². The zero-order valence-corrected chi connectivity index (χ0v) is 22.8. The van der Waals surface area contributed by atoms with Gasteiger partial charge in [0.1, 0.15) is 5.82 Å². The van der Waals surface area contributed by atoms with E-state index in [2.05, 4.69) is 20.6 Å². The van der Waals surface area contributed by atoms with Crippen molar-refractivity contribution in [1.82, 2.24) is 9.97 Å². The van der Waals surface area contributed by atoms with E-state index < -0.39 is 23.6 Å². The summed E-state index contributed by atoms with van der Waals surface area (Å²) in [4.78, 5) is 32.9. The van der Waals surface area contributed by atoms with Gasteiger partial charge in [-0.05, 0) is 73.5 Å². The molecule has 0 aliphatic carbocycles. The van der Waals surface area contributed by atoms with Crippen LogP contribution in [0.15, 0.2) is 83.4 Å². The van der Waals surface area contributed by atoms with Crippen LogP contribution in [0, 0.1) is 5.82 Å². The lowest BCUT2D eigenvalue weighted by molar-refractivity contribution is -0.146. The molecule has 12 heteroatoms. The minimum Gasteiger partial charge on any atom is -0.463 e. The fourth-order valence-electron chi connectivity index (χ4n) is 4.18. The van der Waals surface area contributed by atoms with Crippen LogP contribution in [0.5, 0.6) is 0 Å². The molecule has 5 aromatic rings. The molecule has 43 heavy (non-hydrogen) atoms. The van der Waals surface area contributed by atoms with Gasteiger partial charge in [0.2, 0.25) is 5.89 Å². The molecular weight excluding hydrogens is 568 g/mol. The topological polar surface area (TPSA) is 106 Å².